The van der Waals surface area contributed by atoms with Crippen LogP contribution in [0.4, 0.5) is 0 Å². The fourth-order valence-corrected chi connectivity index (χ4v) is 4.41. The second kappa shape index (κ2) is 7.59. The molecule has 2 aromatic rings. The fraction of sp³-hybridized carbons (Fsp3) is 0.278. The molecule has 1 aliphatic heterocycles. The number of hydrogen-bond acceptors (Lipinski definition) is 4. The largest absolute Gasteiger partial charge is 0.497 e. The van der Waals surface area contributed by atoms with Crippen molar-refractivity contribution in [2.45, 2.75) is 16.4 Å². The van der Waals surface area contributed by atoms with Gasteiger partial charge in [0.2, 0.25) is 0 Å². The Kier molecular flexibility index (Phi) is 5.48. The predicted octanol–water partition coefficient (Wildman–Crippen LogP) is 3.71. The monoisotopic (exact) mass is 407 g/mol. The lowest BCUT2D eigenvalue weighted by Crippen LogP contribution is -2.95. The Hall–Kier alpha value is -1.50. The van der Waals surface area contributed by atoms with E-state index in [0.717, 1.165) is 35.0 Å². The number of halogens is 1. The number of furan rings is 1. The van der Waals surface area contributed by atoms with E-state index in [-0.39, 0.29) is 6.04 Å². The van der Waals surface area contributed by atoms with Crippen LogP contribution >= 0.6 is 27.7 Å². The minimum Gasteiger partial charge on any atom is -0.497 e. The first-order valence-electron chi connectivity index (χ1n) is 7.70. The summed E-state index contributed by atoms with van der Waals surface area (Å²) < 4.78 is 10.4. The fourth-order valence-electron chi connectivity index (χ4n) is 2.69. The van der Waals surface area contributed by atoms with Gasteiger partial charge < -0.3 is 9.15 Å². The van der Waals surface area contributed by atoms with Gasteiger partial charge in [-0.05, 0) is 42.0 Å². The highest BCUT2D eigenvalue weighted by Crippen LogP contribution is 2.34. The number of rotatable bonds is 6. The van der Waals surface area contributed by atoms with E-state index in [0.29, 0.717) is 0 Å². The second-order valence-electron chi connectivity index (χ2n) is 5.49. The Morgan fingerprint density at radius 1 is 1.46 bits per heavy atom. The predicted molar refractivity (Wildman–Crippen MR) is 102 cm³/mol. The standard InChI is InChI=1S/C18H19BrN2O2S/c1-3-11-24-18(19)20-15(13-6-8-14(22-2)9-7-13)12-16(21-18)17-5-4-10-23-17/h3-10,16,21H,1,11-12H2,2H3/p+1/t16-,18-/m0/s1. The number of hydrogen-bond donors (Lipinski definition) is 1. The topological polar surface area (TPSA) is 51.3 Å². The first-order valence-corrected chi connectivity index (χ1v) is 9.48. The molecular formula is C18H20BrN2O2S+. The Morgan fingerprint density at radius 2 is 2.25 bits per heavy atom. The average Bonchev–Trinajstić information content (AvgIpc) is 3.14. The van der Waals surface area contributed by atoms with Crippen molar-refractivity contribution in [1.29, 1.82) is 0 Å². The van der Waals surface area contributed by atoms with Gasteiger partial charge in [0.15, 0.2) is 11.8 Å². The smallest absolute Gasteiger partial charge is 0.294 e. The lowest BCUT2D eigenvalue weighted by molar-refractivity contribution is -0.719. The maximum absolute atomic E-state index is 5.63. The van der Waals surface area contributed by atoms with Crippen LogP contribution in [0.5, 0.6) is 5.75 Å². The number of alkyl halides is 1. The SMILES string of the molecule is C=CCS[C@@]1(Br)N=C(c2ccc(OC)cc2)C[C@@H](c2ccco2)[NH2+]1. The maximum atomic E-state index is 5.63. The Balaban J connectivity index is 1.93. The van der Waals surface area contributed by atoms with Crippen LogP contribution in [0, 0.1) is 0 Å². The summed E-state index contributed by atoms with van der Waals surface area (Å²) in [5.74, 6) is 2.61. The van der Waals surface area contributed by atoms with E-state index in [9.17, 15) is 0 Å². The molecule has 0 fully saturated rings. The Labute approximate surface area is 154 Å². The quantitative estimate of drug-likeness (QED) is 0.451. The number of quaternary nitrogens is 1. The molecule has 1 aromatic heterocycles. The third-order valence-corrected chi connectivity index (χ3v) is 6.01. The third-order valence-electron chi connectivity index (χ3n) is 3.84. The molecule has 126 valence electrons. The Bertz CT molecular complexity index is 715. The average molecular weight is 408 g/mol. The van der Waals surface area contributed by atoms with Gasteiger partial charge in [-0.2, -0.15) is 0 Å². The molecule has 2 atom stereocenters. The van der Waals surface area contributed by atoms with Crippen LogP contribution in [0.15, 0.2) is 64.7 Å². The molecule has 0 saturated heterocycles. The van der Waals surface area contributed by atoms with Crippen molar-refractivity contribution >= 4 is 33.4 Å². The number of benzene rings is 1. The second-order valence-corrected chi connectivity index (χ2v) is 8.47. The van der Waals surface area contributed by atoms with Gasteiger partial charge in [0.25, 0.3) is 3.90 Å². The number of nitrogens with zero attached hydrogens (tertiary/aromatic N) is 1. The number of aliphatic imine (C=N–C) groups is 1. The van der Waals surface area contributed by atoms with Crippen molar-refractivity contribution in [2.75, 3.05) is 12.9 Å². The zero-order valence-corrected chi connectivity index (χ0v) is 15.8. The molecule has 0 bridgehead atoms. The summed E-state index contributed by atoms with van der Waals surface area (Å²) in [5.41, 5.74) is 2.15. The number of ether oxygens (including phenoxy) is 1. The first-order chi connectivity index (χ1) is 11.6. The Morgan fingerprint density at radius 3 is 2.88 bits per heavy atom. The summed E-state index contributed by atoms with van der Waals surface area (Å²) in [6.45, 7) is 3.80. The van der Waals surface area contributed by atoms with Crippen LogP contribution in [0.1, 0.15) is 23.8 Å². The molecule has 3 rings (SSSR count). The third kappa shape index (κ3) is 3.94. The molecule has 0 unspecified atom stereocenters. The molecule has 0 amide bonds. The molecule has 4 nitrogen and oxygen atoms in total. The minimum atomic E-state index is -0.480. The van der Waals surface area contributed by atoms with Gasteiger partial charge in [-0.15, -0.1) is 6.58 Å². The molecule has 2 N–H and O–H groups in total. The van der Waals surface area contributed by atoms with Crippen LogP contribution in [0.3, 0.4) is 0 Å². The van der Waals surface area contributed by atoms with Gasteiger partial charge in [0.05, 0.1) is 25.5 Å². The van der Waals surface area contributed by atoms with Gasteiger partial charge in [-0.3, -0.25) is 5.32 Å². The summed E-state index contributed by atoms with van der Waals surface area (Å²) in [6, 6.07) is 12.1. The van der Waals surface area contributed by atoms with E-state index in [2.05, 4.69) is 27.8 Å². The van der Waals surface area contributed by atoms with Gasteiger partial charge >= 0.3 is 0 Å². The highest BCUT2D eigenvalue weighted by Gasteiger charge is 2.40. The number of methoxy groups -OCH3 is 1. The molecule has 6 heteroatoms. The van der Waals surface area contributed by atoms with Crippen LogP contribution in [0.2, 0.25) is 0 Å². The van der Waals surface area contributed by atoms with Crippen LogP contribution < -0.4 is 10.1 Å². The maximum Gasteiger partial charge on any atom is 0.294 e. The van der Waals surface area contributed by atoms with E-state index < -0.39 is 3.90 Å². The molecule has 0 radical (unpaired) electrons. The summed E-state index contributed by atoms with van der Waals surface area (Å²) in [5, 5.41) is 2.20. The van der Waals surface area contributed by atoms with Crippen LogP contribution in [-0.4, -0.2) is 22.5 Å². The molecule has 0 saturated carbocycles. The van der Waals surface area contributed by atoms with Crippen molar-refractivity contribution in [2.24, 2.45) is 4.99 Å². The highest BCUT2D eigenvalue weighted by molar-refractivity contribution is 9.11. The molecule has 1 aromatic carbocycles. The summed E-state index contributed by atoms with van der Waals surface area (Å²) >= 11 is 5.49. The van der Waals surface area contributed by atoms with Crippen LogP contribution in [-0.2, 0) is 0 Å². The van der Waals surface area contributed by atoms with Gasteiger partial charge in [0.1, 0.15) is 5.75 Å². The van der Waals surface area contributed by atoms with E-state index in [1.54, 1.807) is 25.1 Å². The van der Waals surface area contributed by atoms with Gasteiger partial charge in [0, 0.05) is 21.7 Å². The van der Waals surface area contributed by atoms with Gasteiger partial charge in [-0.1, -0.05) is 17.8 Å². The zero-order valence-electron chi connectivity index (χ0n) is 13.4. The van der Waals surface area contributed by atoms with E-state index in [1.807, 2.05) is 42.5 Å². The van der Waals surface area contributed by atoms with Crippen molar-refractivity contribution in [3.63, 3.8) is 0 Å². The lowest BCUT2D eigenvalue weighted by atomic mass is 10.00. The number of nitrogens with two attached hydrogens (primary N) is 1. The molecule has 0 spiro atoms. The van der Waals surface area contributed by atoms with Crippen molar-refractivity contribution < 1.29 is 14.5 Å². The van der Waals surface area contributed by atoms with E-state index >= 15 is 0 Å². The summed E-state index contributed by atoms with van der Waals surface area (Å²) in [6.07, 6.45) is 4.41. The molecule has 24 heavy (non-hydrogen) atoms. The van der Waals surface area contributed by atoms with Crippen molar-refractivity contribution in [1.82, 2.24) is 0 Å². The molecule has 2 heterocycles. The highest BCUT2D eigenvalue weighted by atomic mass is 79.9. The molecule has 0 aliphatic carbocycles. The van der Waals surface area contributed by atoms with E-state index in [1.165, 1.54) is 0 Å². The molecular weight excluding hydrogens is 388 g/mol. The zero-order chi connectivity index (χ0) is 17.0. The first kappa shape index (κ1) is 17.3. The summed E-state index contributed by atoms with van der Waals surface area (Å²) in [7, 11) is 1.67. The lowest BCUT2D eigenvalue weighted by Gasteiger charge is -2.30. The number of thioether (sulfide) groups is 1. The minimum absolute atomic E-state index is 0.172. The van der Waals surface area contributed by atoms with E-state index in [4.69, 9.17) is 14.1 Å². The normalized spacial score (nSPS) is 23.6. The van der Waals surface area contributed by atoms with Crippen molar-refractivity contribution in [3.8, 4) is 5.75 Å². The van der Waals surface area contributed by atoms with Crippen molar-refractivity contribution in [3.05, 3.63) is 66.6 Å². The van der Waals surface area contributed by atoms with Gasteiger partial charge in [-0.25, -0.2) is 4.99 Å². The van der Waals surface area contributed by atoms with Crippen LogP contribution in [0.25, 0.3) is 0 Å². The molecule has 1 aliphatic rings. The summed E-state index contributed by atoms with van der Waals surface area (Å²) in [4.78, 5) is 4.95.